The van der Waals surface area contributed by atoms with Crippen LogP contribution in [0.3, 0.4) is 0 Å². The van der Waals surface area contributed by atoms with Crippen molar-refractivity contribution in [1.82, 2.24) is 24.5 Å². The number of rotatable bonds is 2. The number of aromatic nitrogens is 4. The van der Waals surface area contributed by atoms with Crippen LogP contribution >= 0.6 is 0 Å². The first-order valence-corrected chi connectivity index (χ1v) is 10.6. The van der Waals surface area contributed by atoms with Crippen LogP contribution < -0.4 is 0 Å². The maximum Gasteiger partial charge on any atom is 0.395 e. The minimum atomic E-state index is -4.23. The van der Waals surface area contributed by atoms with Crippen molar-refractivity contribution in [2.45, 2.75) is 32.9 Å². The summed E-state index contributed by atoms with van der Waals surface area (Å²) >= 11 is 0. The molecule has 2 fully saturated rings. The summed E-state index contributed by atoms with van der Waals surface area (Å²) in [5, 5.41) is 4.33. The van der Waals surface area contributed by atoms with Crippen LogP contribution in [0.1, 0.15) is 34.8 Å². The van der Waals surface area contributed by atoms with Gasteiger partial charge in [-0.05, 0) is 56.4 Å². The molecule has 5 atom stereocenters. The SMILES string of the molecule is Cc1cc(C)n2nc(C(=O)N3C[C@H]4C[C@@H](C5C=CC=CC5C(F)(F)F)C[C@H]4C3)nc2n1. The minimum Gasteiger partial charge on any atom is -0.335 e. The largest absolute Gasteiger partial charge is 0.395 e. The molecule has 2 aliphatic carbocycles. The van der Waals surface area contributed by atoms with E-state index in [0.717, 1.165) is 11.4 Å². The number of amides is 1. The lowest BCUT2D eigenvalue weighted by molar-refractivity contribution is -0.174. The van der Waals surface area contributed by atoms with Gasteiger partial charge in [-0.25, -0.2) is 9.50 Å². The average Bonchev–Trinajstić information content (AvgIpc) is 3.39. The summed E-state index contributed by atoms with van der Waals surface area (Å²) in [6, 6.07) is 1.87. The van der Waals surface area contributed by atoms with Gasteiger partial charge in [-0.2, -0.15) is 18.2 Å². The molecule has 2 aromatic rings. The van der Waals surface area contributed by atoms with Gasteiger partial charge in [0.15, 0.2) is 0 Å². The highest BCUT2D eigenvalue weighted by Crippen LogP contribution is 2.50. The second-order valence-corrected chi connectivity index (χ2v) is 9.06. The molecule has 3 heterocycles. The summed E-state index contributed by atoms with van der Waals surface area (Å²) in [7, 11) is 0. The van der Waals surface area contributed by atoms with E-state index in [1.54, 1.807) is 21.6 Å². The minimum absolute atomic E-state index is 0.0109. The van der Waals surface area contributed by atoms with Crippen molar-refractivity contribution in [3.05, 3.63) is 47.6 Å². The lowest BCUT2D eigenvalue weighted by atomic mass is 9.77. The molecule has 1 amide bonds. The number of allylic oxidation sites excluding steroid dienone is 4. The standard InChI is InChI=1S/C22H24F3N5O/c1-12-7-13(2)30-21(26-12)27-19(28-30)20(31)29-10-15-8-14(9-16(15)11-29)17-5-3-4-6-18(17)22(23,24)25/h3-7,14-18H,8-11H2,1-2H3/t14-,15-,16+,17?,18?. The van der Waals surface area contributed by atoms with E-state index in [1.807, 2.05) is 19.9 Å². The lowest BCUT2D eigenvalue weighted by Crippen LogP contribution is -2.34. The van der Waals surface area contributed by atoms with Gasteiger partial charge in [-0.15, -0.1) is 5.10 Å². The van der Waals surface area contributed by atoms with Crippen molar-refractivity contribution in [2.75, 3.05) is 13.1 Å². The number of hydrogen-bond donors (Lipinski definition) is 0. The van der Waals surface area contributed by atoms with Crippen LogP contribution in [-0.2, 0) is 0 Å². The van der Waals surface area contributed by atoms with Crippen LogP contribution in [0.5, 0.6) is 0 Å². The Hall–Kier alpha value is -2.71. The number of nitrogens with zero attached hydrogens (tertiary/aromatic N) is 5. The summed E-state index contributed by atoms with van der Waals surface area (Å²) in [5.74, 6) is -1.21. The molecule has 31 heavy (non-hydrogen) atoms. The molecule has 0 N–H and O–H groups in total. The van der Waals surface area contributed by atoms with E-state index in [4.69, 9.17) is 0 Å². The number of fused-ring (bicyclic) bond motifs is 2. The van der Waals surface area contributed by atoms with Crippen LogP contribution in [0.4, 0.5) is 13.2 Å². The highest BCUT2D eigenvalue weighted by molar-refractivity contribution is 5.91. The summed E-state index contributed by atoms with van der Waals surface area (Å²) < 4.78 is 42.0. The molecule has 0 spiro atoms. The predicted molar refractivity (Wildman–Crippen MR) is 107 cm³/mol. The van der Waals surface area contributed by atoms with E-state index in [9.17, 15) is 18.0 Å². The molecule has 1 saturated heterocycles. The molecule has 0 radical (unpaired) electrons. The third kappa shape index (κ3) is 3.53. The monoisotopic (exact) mass is 431 g/mol. The first-order chi connectivity index (χ1) is 14.7. The number of likely N-dealkylation sites (tertiary alicyclic amines) is 1. The molecular formula is C22H24F3N5O. The Morgan fingerprint density at radius 1 is 1.03 bits per heavy atom. The molecular weight excluding hydrogens is 407 g/mol. The van der Waals surface area contributed by atoms with Crippen molar-refractivity contribution in [3.8, 4) is 0 Å². The highest BCUT2D eigenvalue weighted by atomic mass is 19.4. The number of aryl methyl sites for hydroxylation is 2. The van der Waals surface area contributed by atoms with Gasteiger partial charge in [0.05, 0.1) is 5.92 Å². The zero-order valence-corrected chi connectivity index (χ0v) is 17.4. The van der Waals surface area contributed by atoms with Gasteiger partial charge in [0, 0.05) is 24.5 Å². The Morgan fingerprint density at radius 3 is 2.39 bits per heavy atom. The molecule has 1 saturated carbocycles. The van der Waals surface area contributed by atoms with E-state index in [2.05, 4.69) is 15.1 Å². The van der Waals surface area contributed by atoms with Gasteiger partial charge in [0.25, 0.3) is 11.7 Å². The molecule has 2 aromatic heterocycles. The van der Waals surface area contributed by atoms with Crippen molar-refractivity contribution in [1.29, 1.82) is 0 Å². The zero-order chi connectivity index (χ0) is 21.9. The molecule has 1 aliphatic heterocycles. The second-order valence-electron chi connectivity index (χ2n) is 9.06. The molecule has 164 valence electrons. The smallest absolute Gasteiger partial charge is 0.335 e. The van der Waals surface area contributed by atoms with Crippen molar-refractivity contribution in [2.24, 2.45) is 29.6 Å². The van der Waals surface area contributed by atoms with E-state index in [-0.39, 0.29) is 29.5 Å². The summed E-state index contributed by atoms with van der Waals surface area (Å²) in [4.78, 5) is 23.4. The fraction of sp³-hybridized carbons (Fsp3) is 0.545. The molecule has 6 nitrogen and oxygen atoms in total. The summed E-state index contributed by atoms with van der Waals surface area (Å²) in [6.07, 6.45) is 3.40. The highest BCUT2D eigenvalue weighted by Gasteiger charge is 2.50. The first-order valence-electron chi connectivity index (χ1n) is 10.6. The quantitative estimate of drug-likeness (QED) is 0.727. The Kier molecular flexibility index (Phi) is 4.67. The summed E-state index contributed by atoms with van der Waals surface area (Å²) in [5.41, 5.74) is 1.66. The average molecular weight is 431 g/mol. The van der Waals surface area contributed by atoms with Crippen molar-refractivity contribution >= 4 is 11.7 Å². The predicted octanol–water partition coefficient (Wildman–Crippen LogP) is 3.76. The Balaban J connectivity index is 1.28. The molecule has 2 unspecified atom stereocenters. The molecule has 0 bridgehead atoms. The van der Waals surface area contributed by atoms with Gasteiger partial charge in [0.2, 0.25) is 5.82 Å². The molecule has 3 aliphatic rings. The second kappa shape index (κ2) is 7.17. The fourth-order valence-electron chi connectivity index (χ4n) is 5.63. The van der Waals surface area contributed by atoms with Crippen LogP contribution in [0, 0.1) is 43.4 Å². The Morgan fingerprint density at radius 2 is 1.71 bits per heavy atom. The van der Waals surface area contributed by atoms with Gasteiger partial charge in [0.1, 0.15) is 0 Å². The van der Waals surface area contributed by atoms with Gasteiger partial charge < -0.3 is 4.90 Å². The van der Waals surface area contributed by atoms with E-state index in [0.29, 0.717) is 31.7 Å². The van der Waals surface area contributed by atoms with Gasteiger partial charge >= 0.3 is 6.18 Å². The first kappa shape index (κ1) is 20.2. The van der Waals surface area contributed by atoms with Crippen LogP contribution in [-0.4, -0.2) is 49.7 Å². The number of halogens is 3. The van der Waals surface area contributed by atoms with E-state index >= 15 is 0 Å². The maximum atomic E-state index is 13.5. The third-order valence-electron chi connectivity index (χ3n) is 6.98. The van der Waals surface area contributed by atoms with E-state index < -0.39 is 18.0 Å². The normalized spacial score (nSPS) is 30.4. The van der Waals surface area contributed by atoms with Crippen LogP contribution in [0.15, 0.2) is 30.4 Å². The number of carbonyl (C=O) groups is 1. The van der Waals surface area contributed by atoms with Crippen molar-refractivity contribution in [3.63, 3.8) is 0 Å². The van der Waals surface area contributed by atoms with Gasteiger partial charge in [-0.3, -0.25) is 4.79 Å². The topological polar surface area (TPSA) is 63.4 Å². The van der Waals surface area contributed by atoms with E-state index in [1.165, 1.54) is 12.2 Å². The lowest BCUT2D eigenvalue weighted by Gasteiger charge is -2.31. The zero-order valence-electron chi connectivity index (χ0n) is 17.4. The molecule has 5 rings (SSSR count). The summed E-state index contributed by atoms with van der Waals surface area (Å²) in [6.45, 7) is 4.84. The molecule has 9 heteroatoms. The Labute approximate surface area is 177 Å². The number of alkyl halides is 3. The third-order valence-corrected chi connectivity index (χ3v) is 6.98. The van der Waals surface area contributed by atoms with Gasteiger partial charge in [-0.1, -0.05) is 24.3 Å². The Bertz CT molecular complexity index is 1070. The van der Waals surface area contributed by atoms with Crippen LogP contribution in [0.25, 0.3) is 5.78 Å². The number of carbonyl (C=O) groups excluding carboxylic acids is 1. The molecule has 0 aromatic carbocycles. The van der Waals surface area contributed by atoms with Crippen LogP contribution in [0.2, 0.25) is 0 Å². The fourth-order valence-corrected chi connectivity index (χ4v) is 5.63. The maximum absolute atomic E-state index is 13.5. The van der Waals surface area contributed by atoms with Crippen molar-refractivity contribution < 1.29 is 18.0 Å². The number of hydrogen-bond acceptors (Lipinski definition) is 4.